The Balaban J connectivity index is 2.53. The van der Waals surface area contributed by atoms with Crippen molar-refractivity contribution >= 4 is 11.9 Å². The van der Waals surface area contributed by atoms with Crippen LogP contribution in [-0.4, -0.2) is 39.8 Å². The van der Waals surface area contributed by atoms with Gasteiger partial charge in [-0.25, -0.2) is 9.18 Å². The second-order valence-electron chi connectivity index (χ2n) is 3.56. The van der Waals surface area contributed by atoms with Crippen molar-refractivity contribution in [3.8, 4) is 5.75 Å². The predicted octanol–water partition coefficient (Wildman–Crippen LogP) is 0.0967. The standard InChI is InChI=1S/C11H12FNO5/c12-8-5-6(14)1-2-7(8)10(16)13-4-3-9(15)11(17)18/h1-2,5,9,14-15H,3-4H2,(H,13,16)(H,17,18)/t9-/m0/s1. The molecule has 1 aromatic rings. The largest absolute Gasteiger partial charge is 0.508 e. The number of carboxylic acids is 1. The Kier molecular flexibility index (Phi) is 4.61. The van der Waals surface area contributed by atoms with E-state index in [2.05, 4.69) is 5.32 Å². The van der Waals surface area contributed by atoms with Gasteiger partial charge in [0.25, 0.3) is 5.91 Å². The fourth-order valence-electron chi connectivity index (χ4n) is 1.23. The van der Waals surface area contributed by atoms with Gasteiger partial charge in [-0.1, -0.05) is 0 Å². The number of aliphatic hydroxyl groups excluding tert-OH is 1. The van der Waals surface area contributed by atoms with Gasteiger partial charge in [-0.05, 0) is 12.1 Å². The second kappa shape index (κ2) is 5.97. The van der Waals surface area contributed by atoms with Crippen LogP contribution in [0.25, 0.3) is 0 Å². The highest BCUT2D eigenvalue weighted by Crippen LogP contribution is 2.14. The summed E-state index contributed by atoms with van der Waals surface area (Å²) in [6, 6.07) is 3.05. The Morgan fingerprint density at radius 1 is 1.39 bits per heavy atom. The Morgan fingerprint density at radius 2 is 2.06 bits per heavy atom. The molecule has 1 atom stereocenters. The van der Waals surface area contributed by atoms with Gasteiger partial charge in [0, 0.05) is 19.0 Å². The number of phenolic OH excluding ortho intramolecular Hbond substituents is 1. The summed E-state index contributed by atoms with van der Waals surface area (Å²) in [7, 11) is 0. The number of phenols is 1. The van der Waals surface area contributed by atoms with E-state index in [1.165, 1.54) is 0 Å². The van der Waals surface area contributed by atoms with Crippen LogP contribution >= 0.6 is 0 Å². The molecular formula is C11H12FNO5. The van der Waals surface area contributed by atoms with Gasteiger partial charge >= 0.3 is 5.97 Å². The number of aromatic hydroxyl groups is 1. The van der Waals surface area contributed by atoms with Crippen LogP contribution in [0.4, 0.5) is 4.39 Å². The van der Waals surface area contributed by atoms with Crippen molar-refractivity contribution in [1.82, 2.24) is 5.32 Å². The monoisotopic (exact) mass is 257 g/mol. The van der Waals surface area contributed by atoms with Crippen molar-refractivity contribution in [1.29, 1.82) is 0 Å². The number of nitrogens with one attached hydrogen (secondary N) is 1. The molecular weight excluding hydrogens is 245 g/mol. The van der Waals surface area contributed by atoms with E-state index in [1.54, 1.807) is 0 Å². The molecule has 98 valence electrons. The van der Waals surface area contributed by atoms with Gasteiger partial charge in [-0.15, -0.1) is 0 Å². The molecule has 1 rings (SSSR count). The SMILES string of the molecule is O=C(NCC[C@H](O)C(=O)O)c1ccc(O)cc1F. The summed E-state index contributed by atoms with van der Waals surface area (Å²) in [6.07, 6.45) is -1.75. The number of amides is 1. The summed E-state index contributed by atoms with van der Waals surface area (Å²) in [5, 5.41) is 28.6. The number of rotatable bonds is 5. The molecule has 0 saturated heterocycles. The van der Waals surface area contributed by atoms with Crippen LogP contribution < -0.4 is 5.32 Å². The van der Waals surface area contributed by atoms with Gasteiger partial charge in [-0.3, -0.25) is 4.79 Å². The number of halogens is 1. The summed E-state index contributed by atoms with van der Waals surface area (Å²) < 4.78 is 13.3. The van der Waals surface area contributed by atoms with Crippen molar-refractivity contribution in [2.24, 2.45) is 0 Å². The normalized spacial score (nSPS) is 11.9. The quantitative estimate of drug-likeness (QED) is 0.598. The highest BCUT2D eigenvalue weighted by atomic mass is 19.1. The number of carbonyl (C=O) groups is 2. The van der Waals surface area contributed by atoms with E-state index in [9.17, 15) is 14.0 Å². The topological polar surface area (TPSA) is 107 Å². The highest BCUT2D eigenvalue weighted by molar-refractivity contribution is 5.94. The Bertz CT molecular complexity index is 463. The number of hydrogen-bond acceptors (Lipinski definition) is 4. The summed E-state index contributed by atoms with van der Waals surface area (Å²) in [5.74, 6) is -3.32. The van der Waals surface area contributed by atoms with Crippen molar-refractivity contribution in [2.75, 3.05) is 6.54 Å². The first-order valence-electron chi connectivity index (χ1n) is 5.09. The molecule has 0 aliphatic carbocycles. The smallest absolute Gasteiger partial charge is 0.332 e. The van der Waals surface area contributed by atoms with E-state index in [4.69, 9.17) is 15.3 Å². The molecule has 0 unspecified atom stereocenters. The number of benzene rings is 1. The highest BCUT2D eigenvalue weighted by Gasteiger charge is 2.15. The molecule has 0 saturated carbocycles. The lowest BCUT2D eigenvalue weighted by atomic mass is 10.2. The van der Waals surface area contributed by atoms with Crippen LogP contribution in [0.3, 0.4) is 0 Å². The zero-order valence-corrected chi connectivity index (χ0v) is 9.26. The Labute approximate surface area is 102 Å². The lowest BCUT2D eigenvalue weighted by Crippen LogP contribution is -2.30. The molecule has 0 spiro atoms. The van der Waals surface area contributed by atoms with E-state index in [0.717, 1.165) is 18.2 Å². The third kappa shape index (κ3) is 3.70. The predicted molar refractivity (Wildman–Crippen MR) is 58.7 cm³/mol. The number of hydrogen-bond donors (Lipinski definition) is 4. The first-order chi connectivity index (χ1) is 8.41. The zero-order chi connectivity index (χ0) is 13.7. The molecule has 0 aliphatic heterocycles. The minimum atomic E-state index is -1.57. The molecule has 0 bridgehead atoms. The maximum absolute atomic E-state index is 13.3. The molecule has 4 N–H and O–H groups in total. The Morgan fingerprint density at radius 3 is 2.61 bits per heavy atom. The molecule has 1 aromatic carbocycles. The minimum Gasteiger partial charge on any atom is -0.508 e. The van der Waals surface area contributed by atoms with Crippen molar-refractivity contribution in [3.05, 3.63) is 29.6 Å². The summed E-state index contributed by atoms with van der Waals surface area (Å²) >= 11 is 0. The average molecular weight is 257 g/mol. The number of aliphatic carboxylic acids is 1. The van der Waals surface area contributed by atoms with E-state index in [1.807, 2.05) is 0 Å². The zero-order valence-electron chi connectivity index (χ0n) is 9.26. The summed E-state index contributed by atoms with van der Waals surface area (Å²) in [5.41, 5.74) is -0.266. The van der Waals surface area contributed by atoms with E-state index < -0.39 is 23.8 Å². The van der Waals surface area contributed by atoms with Gasteiger partial charge in [0.2, 0.25) is 0 Å². The maximum Gasteiger partial charge on any atom is 0.332 e. The number of carboxylic acid groups (broad SMARTS) is 1. The van der Waals surface area contributed by atoms with Crippen molar-refractivity contribution < 1.29 is 29.3 Å². The molecule has 0 aromatic heterocycles. The van der Waals surface area contributed by atoms with Crippen LogP contribution in [-0.2, 0) is 4.79 Å². The van der Waals surface area contributed by atoms with Gasteiger partial charge in [-0.2, -0.15) is 0 Å². The molecule has 1 amide bonds. The van der Waals surface area contributed by atoms with Gasteiger partial charge in [0.15, 0.2) is 6.10 Å². The van der Waals surface area contributed by atoms with Crippen LogP contribution in [0.2, 0.25) is 0 Å². The molecule has 0 radical (unpaired) electrons. The number of carbonyl (C=O) groups excluding carboxylic acids is 1. The summed E-state index contributed by atoms with van der Waals surface area (Å²) in [6.45, 7) is -0.105. The van der Waals surface area contributed by atoms with Crippen LogP contribution in [0.1, 0.15) is 16.8 Å². The third-order valence-electron chi connectivity index (χ3n) is 2.19. The van der Waals surface area contributed by atoms with E-state index in [0.29, 0.717) is 0 Å². The molecule has 0 heterocycles. The lowest BCUT2D eigenvalue weighted by molar-refractivity contribution is -0.146. The molecule has 18 heavy (non-hydrogen) atoms. The summed E-state index contributed by atoms with van der Waals surface area (Å²) in [4.78, 5) is 21.8. The lowest BCUT2D eigenvalue weighted by Gasteiger charge is -2.08. The number of aliphatic hydroxyl groups is 1. The average Bonchev–Trinajstić information content (AvgIpc) is 2.28. The van der Waals surface area contributed by atoms with Gasteiger partial charge in [0.05, 0.1) is 5.56 Å². The second-order valence-corrected chi connectivity index (χ2v) is 3.56. The fourth-order valence-corrected chi connectivity index (χ4v) is 1.23. The Hall–Kier alpha value is -2.15. The molecule has 6 nitrogen and oxygen atoms in total. The van der Waals surface area contributed by atoms with Crippen molar-refractivity contribution in [2.45, 2.75) is 12.5 Å². The van der Waals surface area contributed by atoms with Crippen LogP contribution in [0.15, 0.2) is 18.2 Å². The van der Waals surface area contributed by atoms with Crippen LogP contribution in [0.5, 0.6) is 5.75 Å². The van der Waals surface area contributed by atoms with Crippen molar-refractivity contribution in [3.63, 3.8) is 0 Å². The molecule has 7 heteroatoms. The molecule has 0 aliphatic rings. The molecule has 0 fully saturated rings. The van der Waals surface area contributed by atoms with E-state index >= 15 is 0 Å². The van der Waals surface area contributed by atoms with Crippen LogP contribution in [0, 0.1) is 5.82 Å². The first kappa shape index (κ1) is 13.9. The minimum absolute atomic E-state index is 0.105. The first-order valence-corrected chi connectivity index (χ1v) is 5.09. The fraction of sp³-hybridized carbons (Fsp3) is 0.273. The van der Waals surface area contributed by atoms with E-state index in [-0.39, 0.29) is 24.3 Å². The third-order valence-corrected chi connectivity index (χ3v) is 2.19. The van der Waals surface area contributed by atoms with Gasteiger partial charge in [0.1, 0.15) is 11.6 Å². The van der Waals surface area contributed by atoms with Gasteiger partial charge < -0.3 is 20.6 Å². The maximum atomic E-state index is 13.3.